The first-order valence-electron chi connectivity index (χ1n) is 5.63. The lowest BCUT2D eigenvalue weighted by Gasteiger charge is -2.37. The fraction of sp³-hybridized carbons (Fsp3) is 0.636. The van der Waals surface area contributed by atoms with E-state index in [1.54, 1.807) is 6.33 Å². The van der Waals surface area contributed by atoms with Crippen molar-refractivity contribution in [3.05, 3.63) is 16.1 Å². The minimum Gasteiger partial charge on any atom is -0.353 e. The zero-order valence-corrected chi connectivity index (χ0v) is 11.9. The Kier molecular flexibility index (Phi) is 3.96. The zero-order valence-electron chi connectivity index (χ0n) is 9.73. The van der Waals surface area contributed by atoms with Gasteiger partial charge in [0.1, 0.15) is 12.1 Å². The van der Waals surface area contributed by atoms with Gasteiger partial charge < -0.3 is 4.90 Å². The molecule has 2 rings (SSSR count). The quantitative estimate of drug-likeness (QED) is 0.771. The maximum atomic E-state index is 4.36. The summed E-state index contributed by atoms with van der Waals surface area (Å²) in [6.07, 6.45) is 3.50. The van der Waals surface area contributed by atoms with Crippen LogP contribution < -0.4 is 4.90 Å². The molecule has 0 bridgehead atoms. The third-order valence-corrected chi connectivity index (χ3v) is 3.75. The summed E-state index contributed by atoms with van der Waals surface area (Å²) in [7, 11) is 0. The average molecular weight is 332 g/mol. The highest BCUT2D eigenvalue weighted by Crippen LogP contribution is 2.19. The van der Waals surface area contributed by atoms with Gasteiger partial charge in [0.05, 0.1) is 3.57 Å². The van der Waals surface area contributed by atoms with Gasteiger partial charge in [-0.15, -0.1) is 0 Å². The molecular formula is C11H17IN4. The monoisotopic (exact) mass is 332 g/mol. The molecule has 1 aromatic heterocycles. The standard InChI is InChI=1S/C11H17IN4/c1-9(2)15-3-5-16(6-4-15)11-10(12)7-13-8-14-11/h7-9H,3-6H2,1-2H3. The van der Waals surface area contributed by atoms with Gasteiger partial charge in [-0.1, -0.05) is 0 Å². The van der Waals surface area contributed by atoms with Crippen molar-refractivity contribution < 1.29 is 0 Å². The zero-order chi connectivity index (χ0) is 11.5. The van der Waals surface area contributed by atoms with Crippen molar-refractivity contribution in [3.63, 3.8) is 0 Å². The van der Waals surface area contributed by atoms with E-state index < -0.39 is 0 Å². The molecule has 0 unspecified atom stereocenters. The molecule has 0 radical (unpaired) electrons. The molecule has 0 amide bonds. The van der Waals surface area contributed by atoms with Crippen molar-refractivity contribution >= 4 is 28.4 Å². The van der Waals surface area contributed by atoms with Crippen LogP contribution in [0.15, 0.2) is 12.5 Å². The molecule has 1 aliphatic heterocycles. The average Bonchev–Trinajstić information content (AvgIpc) is 2.30. The van der Waals surface area contributed by atoms with E-state index in [1.165, 1.54) is 0 Å². The molecule has 0 aliphatic carbocycles. The Morgan fingerprint density at radius 3 is 2.50 bits per heavy atom. The summed E-state index contributed by atoms with van der Waals surface area (Å²) in [6, 6.07) is 0.645. The summed E-state index contributed by atoms with van der Waals surface area (Å²) < 4.78 is 1.14. The van der Waals surface area contributed by atoms with E-state index in [9.17, 15) is 0 Å². The Labute approximate surface area is 110 Å². The van der Waals surface area contributed by atoms with E-state index in [0.717, 1.165) is 35.6 Å². The molecule has 0 N–H and O–H groups in total. The topological polar surface area (TPSA) is 32.3 Å². The first kappa shape index (κ1) is 12.0. The number of nitrogens with zero attached hydrogens (tertiary/aromatic N) is 4. The van der Waals surface area contributed by atoms with Gasteiger partial charge in [0.15, 0.2) is 0 Å². The molecule has 88 valence electrons. The van der Waals surface area contributed by atoms with Crippen molar-refractivity contribution in [2.24, 2.45) is 0 Å². The Hall–Kier alpha value is -0.430. The van der Waals surface area contributed by atoms with Crippen molar-refractivity contribution in [2.75, 3.05) is 31.1 Å². The van der Waals surface area contributed by atoms with E-state index in [-0.39, 0.29) is 0 Å². The molecule has 1 fully saturated rings. The molecule has 1 aliphatic rings. The van der Waals surface area contributed by atoms with Crippen LogP contribution in [-0.2, 0) is 0 Å². The maximum absolute atomic E-state index is 4.36. The Bertz CT molecular complexity index is 348. The second-order valence-electron chi connectivity index (χ2n) is 4.31. The SMILES string of the molecule is CC(C)N1CCN(c2ncncc2I)CC1. The Morgan fingerprint density at radius 2 is 1.94 bits per heavy atom. The number of halogens is 1. The van der Waals surface area contributed by atoms with Gasteiger partial charge in [-0.2, -0.15) is 0 Å². The van der Waals surface area contributed by atoms with Gasteiger partial charge in [-0.25, -0.2) is 9.97 Å². The number of anilines is 1. The maximum Gasteiger partial charge on any atom is 0.145 e. The molecule has 1 aromatic rings. The largest absolute Gasteiger partial charge is 0.353 e. The van der Waals surface area contributed by atoms with Gasteiger partial charge in [0.25, 0.3) is 0 Å². The van der Waals surface area contributed by atoms with Crippen LogP contribution in [0.4, 0.5) is 5.82 Å². The van der Waals surface area contributed by atoms with Crippen LogP contribution in [-0.4, -0.2) is 47.1 Å². The van der Waals surface area contributed by atoms with E-state index in [1.807, 2.05) is 6.20 Å². The number of hydrogen-bond donors (Lipinski definition) is 0. The first-order valence-corrected chi connectivity index (χ1v) is 6.71. The highest BCUT2D eigenvalue weighted by Gasteiger charge is 2.20. The molecule has 0 atom stereocenters. The van der Waals surface area contributed by atoms with E-state index in [0.29, 0.717) is 6.04 Å². The normalized spacial score (nSPS) is 18.1. The molecular weight excluding hydrogens is 315 g/mol. The van der Waals surface area contributed by atoms with Crippen molar-refractivity contribution in [1.82, 2.24) is 14.9 Å². The third kappa shape index (κ3) is 2.63. The molecule has 4 nitrogen and oxygen atoms in total. The van der Waals surface area contributed by atoms with Crippen LogP contribution >= 0.6 is 22.6 Å². The lowest BCUT2D eigenvalue weighted by atomic mass is 10.2. The Morgan fingerprint density at radius 1 is 1.25 bits per heavy atom. The predicted molar refractivity (Wildman–Crippen MR) is 73.7 cm³/mol. The van der Waals surface area contributed by atoms with Gasteiger partial charge in [-0.05, 0) is 36.4 Å². The van der Waals surface area contributed by atoms with Crippen LogP contribution in [0.25, 0.3) is 0 Å². The Balaban J connectivity index is 2.02. The second-order valence-corrected chi connectivity index (χ2v) is 5.47. The lowest BCUT2D eigenvalue weighted by Crippen LogP contribution is -2.49. The smallest absolute Gasteiger partial charge is 0.145 e. The van der Waals surface area contributed by atoms with Gasteiger partial charge >= 0.3 is 0 Å². The van der Waals surface area contributed by atoms with Crippen LogP contribution in [0.1, 0.15) is 13.8 Å². The molecule has 5 heteroatoms. The summed E-state index contributed by atoms with van der Waals surface area (Å²) >= 11 is 2.30. The van der Waals surface area contributed by atoms with Gasteiger partial charge in [0, 0.05) is 38.4 Å². The predicted octanol–water partition coefficient (Wildman–Crippen LogP) is 1.61. The molecule has 0 spiro atoms. The summed E-state index contributed by atoms with van der Waals surface area (Å²) in [4.78, 5) is 13.2. The second kappa shape index (κ2) is 5.27. The fourth-order valence-electron chi connectivity index (χ4n) is 1.99. The summed E-state index contributed by atoms with van der Waals surface area (Å²) in [5.41, 5.74) is 0. The summed E-state index contributed by atoms with van der Waals surface area (Å²) in [5.74, 6) is 1.08. The molecule has 16 heavy (non-hydrogen) atoms. The van der Waals surface area contributed by atoms with E-state index in [4.69, 9.17) is 0 Å². The highest BCUT2D eigenvalue weighted by molar-refractivity contribution is 14.1. The van der Waals surface area contributed by atoms with Crippen LogP contribution in [0, 0.1) is 3.57 Å². The molecule has 0 saturated carbocycles. The summed E-state index contributed by atoms with van der Waals surface area (Å²) in [5, 5.41) is 0. The molecule has 0 aromatic carbocycles. The lowest BCUT2D eigenvalue weighted by molar-refractivity contribution is 0.209. The number of aromatic nitrogens is 2. The number of piperazine rings is 1. The van der Waals surface area contributed by atoms with E-state index in [2.05, 4.69) is 56.2 Å². The van der Waals surface area contributed by atoms with Gasteiger partial charge in [0.2, 0.25) is 0 Å². The third-order valence-electron chi connectivity index (χ3n) is 2.99. The van der Waals surface area contributed by atoms with Crippen LogP contribution in [0.2, 0.25) is 0 Å². The van der Waals surface area contributed by atoms with Crippen LogP contribution in [0.5, 0.6) is 0 Å². The van der Waals surface area contributed by atoms with Crippen molar-refractivity contribution in [1.29, 1.82) is 0 Å². The highest BCUT2D eigenvalue weighted by atomic mass is 127. The molecule has 1 saturated heterocycles. The number of rotatable bonds is 2. The van der Waals surface area contributed by atoms with Crippen molar-refractivity contribution in [3.8, 4) is 0 Å². The number of hydrogen-bond acceptors (Lipinski definition) is 4. The van der Waals surface area contributed by atoms with Crippen LogP contribution in [0.3, 0.4) is 0 Å². The van der Waals surface area contributed by atoms with E-state index >= 15 is 0 Å². The minimum absolute atomic E-state index is 0.645. The first-order chi connectivity index (χ1) is 7.68. The van der Waals surface area contributed by atoms with Crippen molar-refractivity contribution in [2.45, 2.75) is 19.9 Å². The fourth-order valence-corrected chi connectivity index (χ4v) is 2.63. The van der Waals surface area contributed by atoms with Gasteiger partial charge in [-0.3, -0.25) is 4.90 Å². The molecule has 2 heterocycles. The summed E-state index contributed by atoms with van der Waals surface area (Å²) in [6.45, 7) is 8.88. The minimum atomic E-state index is 0.645.